The third kappa shape index (κ3) is 3.60. The van der Waals surface area contributed by atoms with Crippen LogP contribution in [0.15, 0.2) is 18.2 Å². The number of nitrogens with zero attached hydrogens (tertiary/aromatic N) is 2. The maximum Gasteiger partial charge on any atom is 0.0488 e. The first-order valence-electron chi connectivity index (χ1n) is 7.65. The zero-order valence-electron chi connectivity index (χ0n) is 13.6. The van der Waals surface area contributed by atoms with E-state index in [4.69, 9.17) is 0 Å². The molecule has 3 nitrogen and oxygen atoms in total. The minimum absolute atomic E-state index is 0.388. The molecule has 0 bridgehead atoms. The average molecular weight is 275 g/mol. The van der Waals surface area contributed by atoms with Crippen LogP contribution in [-0.4, -0.2) is 56.6 Å². The number of likely N-dealkylation sites (N-methyl/N-ethyl adjacent to an activating group) is 3. The van der Waals surface area contributed by atoms with E-state index < -0.39 is 0 Å². The van der Waals surface area contributed by atoms with Crippen molar-refractivity contribution in [2.24, 2.45) is 0 Å². The summed E-state index contributed by atoms with van der Waals surface area (Å²) < 4.78 is 0. The van der Waals surface area contributed by atoms with Gasteiger partial charge in [-0.25, -0.2) is 0 Å². The van der Waals surface area contributed by atoms with E-state index in [0.717, 1.165) is 6.54 Å². The molecule has 1 aliphatic rings. The molecule has 0 aliphatic carbocycles. The van der Waals surface area contributed by atoms with Crippen molar-refractivity contribution in [1.82, 2.24) is 15.1 Å². The lowest BCUT2D eigenvalue weighted by Gasteiger charge is -2.35. The maximum atomic E-state index is 3.55. The lowest BCUT2D eigenvalue weighted by atomic mass is 9.95. The fourth-order valence-corrected chi connectivity index (χ4v) is 3.44. The Morgan fingerprint density at radius 2 is 1.75 bits per heavy atom. The van der Waals surface area contributed by atoms with Crippen LogP contribution in [0.5, 0.6) is 0 Å². The summed E-state index contributed by atoms with van der Waals surface area (Å²) in [6.07, 6.45) is 1.26. The van der Waals surface area contributed by atoms with Crippen LogP contribution in [0.2, 0.25) is 0 Å². The Morgan fingerprint density at radius 1 is 1.10 bits per heavy atom. The zero-order chi connectivity index (χ0) is 14.7. The van der Waals surface area contributed by atoms with E-state index in [1.807, 2.05) is 0 Å². The summed E-state index contributed by atoms with van der Waals surface area (Å²) in [5.74, 6) is 0. The molecule has 1 saturated heterocycles. The quantitative estimate of drug-likeness (QED) is 0.912. The molecule has 1 aromatic carbocycles. The summed E-state index contributed by atoms with van der Waals surface area (Å²) in [6, 6.07) is 7.81. The number of aryl methyl sites for hydroxylation is 2. The molecule has 1 heterocycles. The summed E-state index contributed by atoms with van der Waals surface area (Å²) >= 11 is 0. The van der Waals surface area contributed by atoms with Gasteiger partial charge in [0.15, 0.2) is 0 Å². The highest BCUT2D eigenvalue weighted by Gasteiger charge is 2.28. The summed E-state index contributed by atoms with van der Waals surface area (Å²) in [4.78, 5) is 4.98. The highest BCUT2D eigenvalue weighted by atomic mass is 15.2. The summed E-state index contributed by atoms with van der Waals surface area (Å²) in [7, 11) is 6.58. The van der Waals surface area contributed by atoms with E-state index in [1.165, 1.54) is 36.2 Å². The fourth-order valence-electron chi connectivity index (χ4n) is 3.44. The van der Waals surface area contributed by atoms with Gasteiger partial charge in [-0.3, -0.25) is 0 Å². The molecule has 0 amide bonds. The van der Waals surface area contributed by atoms with E-state index in [2.05, 4.69) is 68.3 Å². The maximum absolute atomic E-state index is 3.55. The van der Waals surface area contributed by atoms with Gasteiger partial charge in [-0.2, -0.15) is 0 Å². The molecule has 20 heavy (non-hydrogen) atoms. The SMILES string of the molecule is CNC(c1cc(C)cc(C)c1)C1CN(C)CCCN1C. The molecule has 112 valence electrons. The van der Waals surface area contributed by atoms with Gasteiger partial charge in [-0.1, -0.05) is 29.3 Å². The molecule has 2 unspecified atom stereocenters. The zero-order valence-corrected chi connectivity index (χ0v) is 13.6. The van der Waals surface area contributed by atoms with Gasteiger partial charge in [0.25, 0.3) is 0 Å². The standard InChI is InChI=1S/C17H29N3/c1-13-9-14(2)11-15(10-13)17(18-3)16-12-19(4)7-6-8-20(16)5/h9-11,16-18H,6-8,12H2,1-5H3. The van der Waals surface area contributed by atoms with Crippen LogP contribution >= 0.6 is 0 Å². The highest BCUT2D eigenvalue weighted by Crippen LogP contribution is 2.24. The Morgan fingerprint density at radius 3 is 2.35 bits per heavy atom. The van der Waals surface area contributed by atoms with Crippen LogP contribution in [-0.2, 0) is 0 Å². The Hall–Kier alpha value is -0.900. The van der Waals surface area contributed by atoms with E-state index >= 15 is 0 Å². The van der Waals surface area contributed by atoms with E-state index in [0.29, 0.717) is 12.1 Å². The normalized spacial score (nSPS) is 23.6. The van der Waals surface area contributed by atoms with Crippen molar-refractivity contribution in [2.45, 2.75) is 32.4 Å². The van der Waals surface area contributed by atoms with Crippen molar-refractivity contribution < 1.29 is 0 Å². The Balaban J connectivity index is 2.29. The minimum Gasteiger partial charge on any atom is -0.312 e. The second-order valence-electron chi connectivity index (χ2n) is 6.35. The molecule has 0 saturated carbocycles. The van der Waals surface area contributed by atoms with Gasteiger partial charge in [-0.05, 0) is 60.1 Å². The van der Waals surface area contributed by atoms with Gasteiger partial charge < -0.3 is 15.1 Å². The number of rotatable bonds is 3. The number of hydrogen-bond donors (Lipinski definition) is 1. The molecular weight excluding hydrogens is 246 g/mol. The van der Waals surface area contributed by atoms with Crippen LogP contribution in [0.4, 0.5) is 0 Å². The number of hydrogen-bond acceptors (Lipinski definition) is 3. The molecule has 1 aliphatic heterocycles. The smallest absolute Gasteiger partial charge is 0.0488 e. The van der Waals surface area contributed by atoms with Crippen molar-refractivity contribution in [3.05, 3.63) is 34.9 Å². The highest BCUT2D eigenvalue weighted by molar-refractivity contribution is 5.31. The van der Waals surface area contributed by atoms with E-state index in [9.17, 15) is 0 Å². The largest absolute Gasteiger partial charge is 0.312 e. The lowest BCUT2D eigenvalue weighted by molar-refractivity contribution is 0.182. The van der Waals surface area contributed by atoms with Crippen LogP contribution in [0, 0.1) is 13.8 Å². The Bertz CT molecular complexity index is 424. The van der Waals surface area contributed by atoms with Gasteiger partial charge in [0.2, 0.25) is 0 Å². The molecule has 1 aromatic rings. The van der Waals surface area contributed by atoms with Crippen molar-refractivity contribution in [1.29, 1.82) is 0 Å². The number of benzene rings is 1. The molecule has 0 aromatic heterocycles. The predicted molar refractivity (Wildman–Crippen MR) is 86.2 cm³/mol. The second kappa shape index (κ2) is 6.70. The van der Waals surface area contributed by atoms with Crippen LogP contribution in [0.3, 0.4) is 0 Å². The van der Waals surface area contributed by atoms with Crippen LogP contribution < -0.4 is 5.32 Å². The Labute approximate surface area is 124 Å². The minimum atomic E-state index is 0.388. The van der Waals surface area contributed by atoms with Gasteiger partial charge in [-0.15, -0.1) is 0 Å². The molecular formula is C17H29N3. The van der Waals surface area contributed by atoms with Gasteiger partial charge in [0.05, 0.1) is 0 Å². The average Bonchev–Trinajstić information content (AvgIpc) is 2.52. The summed E-state index contributed by atoms with van der Waals surface area (Å²) in [5, 5.41) is 3.55. The molecule has 0 spiro atoms. The van der Waals surface area contributed by atoms with Gasteiger partial charge in [0.1, 0.15) is 0 Å². The third-order valence-electron chi connectivity index (χ3n) is 4.41. The van der Waals surface area contributed by atoms with Crippen LogP contribution in [0.1, 0.15) is 29.2 Å². The van der Waals surface area contributed by atoms with Gasteiger partial charge >= 0.3 is 0 Å². The summed E-state index contributed by atoms with van der Waals surface area (Å²) in [6.45, 7) is 7.87. The molecule has 2 atom stereocenters. The van der Waals surface area contributed by atoms with Crippen molar-refractivity contribution in [2.75, 3.05) is 40.8 Å². The first kappa shape index (κ1) is 15.5. The van der Waals surface area contributed by atoms with E-state index in [1.54, 1.807) is 0 Å². The van der Waals surface area contributed by atoms with Crippen LogP contribution in [0.25, 0.3) is 0 Å². The van der Waals surface area contributed by atoms with Crippen molar-refractivity contribution in [3.63, 3.8) is 0 Å². The molecule has 3 heteroatoms. The van der Waals surface area contributed by atoms with Gasteiger partial charge in [0, 0.05) is 18.6 Å². The monoisotopic (exact) mass is 275 g/mol. The predicted octanol–water partition coefficient (Wildman–Crippen LogP) is 2.20. The van der Waals surface area contributed by atoms with Crippen molar-refractivity contribution in [3.8, 4) is 0 Å². The third-order valence-corrected chi connectivity index (χ3v) is 4.41. The first-order chi connectivity index (χ1) is 9.51. The first-order valence-corrected chi connectivity index (χ1v) is 7.65. The van der Waals surface area contributed by atoms with Crippen molar-refractivity contribution >= 4 is 0 Å². The molecule has 1 fully saturated rings. The molecule has 0 radical (unpaired) electrons. The summed E-state index contributed by atoms with van der Waals surface area (Å²) in [5.41, 5.74) is 4.12. The molecule has 2 rings (SSSR count). The second-order valence-corrected chi connectivity index (χ2v) is 6.35. The number of nitrogens with one attached hydrogen (secondary N) is 1. The molecule has 1 N–H and O–H groups in total. The lowest BCUT2D eigenvalue weighted by Crippen LogP contribution is -2.46. The topological polar surface area (TPSA) is 18.5 Å². The fraction of sp³-hybridized carbons (Fsp3) is 0.647. The van der Waals surface area contributed by atoms with E-state index in [-0.39, 0.29) is 0 Å². The Kier molecular flexibility index (Phi) is 5.19.